The Kier molecular flexibility index (Phi) is 4.17. The van der Waals surface area contributed by atoms with Crippen LogP contribution in [0.5, 0.6) is 0 Å². The molecule has 1 saturated heterocycles. The largest absolute Gasteiger partial charge is 0.350 e. The summed E-state index contributed by atoms with van der Waals surface area (Å²) in [5.74, 6) is -1.69. The highest BCUT2D eigenvalue weighted by atomic mass is 16.7. The van der Waals surface area contributed by atoms with Crippen LogP contribution in [0.15, 0.2) is 24.3 Å². The lowest BCUT2D eigenvalue weighted by atomic mass is 10.0. The summed E-state index contributed by atoms with van der Waals surface area (Å²) in [6.07, 6.45) is 2.65. The maximum absolute atomic E-state index is 12.5. The highest BCUT2D eigenvalue weighted by molar-refractivity contribution is 6.20. The Balaban J connectivity index is 1.76. The molecule has 0 bridgehead atoms. The summed E-state index contributed by atoms with van der Waals surface area (Å²) in [5, 5.41) is 0.597. The van der Waals surface area contributed by atoms with E-state index in [1.54, 1.807) is 24.3 Å². The van der Waals surface area contributed by atoms with Gasteiger partial charge in [0.05, 0.1) is 11.1 Å². The first-order valence-electron chi connectivity index (χ1n) is 7.96. The molecule has 0 aromatic heterocycles. The summed E-state index contributed by atoms with van der Waals surface area (Å²) in [5.41, 5.74) is 0.546. The SMILES string of the molecule is CC(C)N1CCCCC1C(=O)ON1C(=O)c2ccccc2C1=O. The van der Waals surface area contributed by atoms with Gasteiger partial charge in [0.2, 0.25) is 0 Å². The molecular weight excluding hydrogens is 296 g/mol. The van der Waals surface area contributed by atoms with Crippen LogP contribution in [-0.4, -0.2) is 46.4 Å². The zero-order valence-corrected chi connectivity index (χ0v) is 13.3. The zero-order chi connectivity index (χ0) is 16.6. The smallest absolute Gasteiger partial charge is 0.328 e. The van der Waals surface area contributed by atoms with Crippen molar-refractivity contribution in [3.63, 3.8) is 0 Å². The normalized spacial score (nSPS) is 21.7. The van der Waals surface area contributed by atoms with E-state index in [9.17, 15) is 14.4 Å². The van der Waals surface area contributed by atoms with Gasteiger partial charge in [-0.1, -0.05) is 23.6 Å². The van der Waals surface area contributed by atoms with Gasteiger partial charge in [-0.15, -0.1) is 0 Å². The number of carbonyl (C=O) groups is 3. The first-order chi connectivity index (χ1) is 11.0. The lowest BCUT2D eigenvalue weighted by Crippen LogP contribution is -2.50. The molecule has 0 N–H and O–H groups in total. The summed E-state index contributed by atoms with van der Waals surface area (Å²) >= 11 is 0. The van der Waals surface area contributed by atoms with Crippen molar-refractivity contribution in [2.75, 3.05) is 6.54 Å². The fraction of sp³-hybridized carbons (Fsp3) is 0.471. The molecule has 6 heteroatoms. The van der Waals surface area contributed by atoms with Crippen molar-refractivity contribution in [1.29, 1.82) is 0 Å². The lowest BCUT2D eigenvalue weighted by Gasteiger charge is -2.37. The number of imide groups is 1. The average molecular weight is 316 g/mol. The summed E-state index contributed by atoms with van der Waals surface area (Å²) < 4.78 is 0. The van der Waals surface area contributed by atoms with Gasteiger partial charge >= 0.3 is 5.97 Å². The van der Waals surface area contributed by atoms with Crippen LogP contribution in [-0.2, 0) is 9.63 Å². The third-order valence-electron chi connectivity index (χ3n) is 4.42. The second-order valence-electron chi connectivity index (χ2n) is 6.20. The fourth-order valence-corrected chi connectivity index (χ4v) is 3.23. The first kappa shape index (κ1) is 15.7. The maximum atomic E-state index is 12.5. The number of amides is 2. The molecule has 0 radical (unpaired) electrons. The number of likely N-dealkylation sites (tertiary alicyclic amines) is 1. The predicted molar refractivity (Wildman–Crippen MR) is 82.5 cm³/mol. The first-order valence-corrected chi connectivity index (χ1v) is 7.96. The number of benzene rings is 1. The van der Waals surface area contributed by atoms with Gasteiger partial charge in [-0.25, -0.2) is 4.79 Å². The van der Waals surface area contributed by atoms with Crippen LogP contribution in [0.2, 0.25) is 0 Å². The number of hydrogen-bond acceptors (Lipinski definition) is 5. The van der Waals surface area contributed by atoms with Crippen LogP contribution in [0.25, 0.3) is 0 Å². The van der Waals surface area contributed by atoms with Crippen molar-refractivity contribution in [3.05, 3.63) is 35.4 Å². The van der Waals surface area contributed by atoms with Crippen LogP contribution in [0, 0.1) is 0 Å². The fourth-order valence-electron chi connectivity index (χ4n) is 3.23. The van der Waals surface area contributed by atoms with E-state index < -0.39 is 23.8 Å². The van der Waals surface area contributed by atoms with Crippen LogP contribution >= 0.6 is 0 Å². The molecule has 6 nitrogen and oxygen atoms in total. The van der Waals surface area contributed by atoms with Crippen molar-refractivity contribution >= 4 is 17.8 Å². The highest BCUT2D eigenvalue weighted by Crippen LogP contribution is 2.25. The third kappa shape index (κ3) is 2.74. The molecule has 2 aliphatic rings. The molecule has 1 aromatic carbocycles. The Labute approximate surface area is 135 Å². The molecule has 2 heterocycles. The standard InChI is InChI=1S/C17H20N2O4/c1-11(2)18-10-6-5-9-14(18)17(22)23-19-15(20)12-7-3-4-8-13(12)16(19)21/h3-4,7-8,11,14H,5-6,9-10H2,1-2H3. The second-order valence-corrected chi connectivity index (χ2v) is 6.20. The molecule has 1 unspecified atom stereocenters. The van der Waals surface area contributed by atoms with Crippen LogP contribution < -0.4 is 0 Å². The minimum absolute atomic E-state index is 0.204. The summed E-state index contributed by atoms with van der Waals surface area (Å²) in [7, 11) is 0. The van der Waals surface area contributed by atoms with Crippen molar-refractivity contribution in [2.45, 2.75) is 45.2 Å². The van der Waals surface area contributed by atoms with Crippen molar-refractivity contribution in [1.82, 2.24) is 9.96 Å². The highest BCUT2D eigenvalue weighted by Gasteiger charge is 2.41. The Bertz CT molecular complexity index is 621. The van der Waals surface area contributed by atoms with Crippen LogP contribution in [0.4, 0.5) is 0 Å². The van der Waals surface area contributed by atoms with Gasteiger partial charge < -0.3 is 4.84 Å². The van der Waals surface area contributed by atoms with E-state index in [4.69, 9.17) is 4.84 Å². The van der Waals surface area contributed by atoms with Gasteiger partial charge in [0.15, 0.2) is 0 Å². The Morgan fingerprint density at radius 3 is 2.30 bits per heavy atom. The van der Waals surface area contributed by atoms with Gasteiger partial charge in [-0.3, -0.25) is 14.5 Å². The molecule has 2 amide bonds. The van der Waals surface area contributed by atoms with E-state index in [0.717, 1.165) is 19.4 Å². The van der Waals surface area contributed by atoms with Gasteiger partial charge in [0.1, 0.15) is 6.04 Å². The van der Waals surface area contributed by atoms with Crippen LogP contribution in [0.1, 0.15) is 53.8 Å². The Hall–Kier alpha value is -2.21. The number of nitrogens with zero attached hydrogens (tertiary/aromatic N) is 2. The van der Waals surface area contributed by atoms with Crippen molar-refractivity contribution in [2.24, 2.45) is 0 Å². The minimum Gasteiger partial charge on any atom is -0.328 e. The third-order valence-corrected chi connectivity index (χ3v) is 4.42. The minimum atomic E-state index is -0.578. The van der Waals surface area contributed by atoms with Crippen molar-refractivity contribution < 1.29 is 19.2 Å². The molecule has 3 rings (SSSR count). The summed E-state index contributed by atoms with van der Waals surface area (Å²) in [6.45, 7) is 4.86. The van der Waals surface area contributed by atoms with Gasteiger partial charge in [0, 0.05) is 6.04 Å². The van der Waals surface area contributed by atoms with Gasteiger partial charge in [0.25, 0.3) is 11.8 Å². The molecule has 122 valence electrons. The topological polar surface area (TPSA) is 66.9 Å². The average Bonchev–Trinajstić information content (AvgIpc) is 2.80. The summed E-state index contributed by atoms with van der Waals surface area (Å²) in [4.78, 5) is 44.3. The number of hydroxylamine groups is 2. The number of fused-ring (bicyclic) bond motifs is 1. The summed E-state index contributed by atoms with van der Waals surface area (Å²) in [6, 6.07) is 6.27. The predicted octanol–water partition coefficient (Wildman–Crippen LogP) is 2.00. The molecule has 0 aliphatic carbocycles. The lowest BCUT2D eigenvalue weighted by molar-refractivity contribution is -0.177. The van der Waals surface area contributed by atoms with E-state index in [-0.39, 0.29) is 17.2 Å². The van der Waals surface area contributed by atoms with Crippen LogP contribution in [0.3, 0.4) is 0 Å². The molecule has 0 spiro atoms. The van der Waals surface area contributed by atoms with Crippen molar-refractivity contribution in [3.8, 4) is 0 Å². The number of carbonyl (C=O) groups excluding carboxylic acids is 3. The van der Waals surface area contributed by atoms with E-state index >= 15 is 0 Å². The zero-order valence-electron chi connectivity index (χ0n) is 13.3. The molecule has 1 fully saturated rings. The second kappa shape index (κ2) is 6.12. The maximum Gasteiger partial charge on any atom is 0.350 e. The molecule has 1 aromatic rings. The number of hydrogen-bond donors (Lipinski definition) is 0. The van der Waals surface area contributed by atoms with E-state index in [1.165, 1.54) is 0 Å². The van der Waals surface area contributed by atoms with E-state index in [1.807, 2.05) is 13.8 Å². The molecule has 1 atom stereocenters. The van der Waals surface area contributed by atoms with E-state index in [2.05, 4.69) is 4.90 Å². The van der Waals surface area contributed by atoms with Gasteiger partial charge in [-0.2, -0.15) is 0 Å². The molecular formula is C17H20N2O4. The molecule has 23 heavy (non-hydrogen) atoms. The van der Waals surface area contributed by atoms with Gasteiger partial charge in [-0.05, 0) is 45.4 Å². The molecule has 2 aliphatic heterocycles. The Morgan fingerprint density at radius 1 is 1.13 bits per heavy atom. The molecule has 0 saturated carbocycles. The van der Waals surface area contributed by atoms with E-state index in [0.29, 0.717) is 11.5 Å². The monoisotopic (exact) mass is 316 g/mol. The quantitative estimate of drug-likeness (QED) is 0.798. The number of rotatable bonds is 3. The Morgan fingerprint density at radius 2 is 1.74 bits per heavy atom. The number of piperidine rings is 1.